The van der Waals surface area contributed by atoms with Crippen molar-refractivity contribution in [3.8, 4) is 11.4 Å². The van der Waals surface area contributed by atoms with Crippen LogP contribution in [-0.2, 0) is 6.18 Å². The molecular formula is C24H21F3N6O2. The number of hydrogen-bond donors (Lipinski definition) is 2. The average Bonchev–Trinajstić information content (AvgIpc) is 3.23. The van der Waals surface area contributed by atoms with Crippen LogP contribution >= 0.6 is 0 Å². The number of nitrogens with two attached hydrogens (primary N) is 2. The summed E-state index contributed by atoms with van der Waals surface area (Å²) in [6.07, 6.45) is -3.06. The maximum Gasteiger partial charge on any atom is 0.416 e. The zero-order chi connectivity index (χ0) is 25.5. The molecule has 1 amide bonds. The number of halogens is 3. The third-order valence-electron chi connectivity index (χ3n) is 5.66. The predicted molar refractivity (Wildman–Crippen MR) is 124 cm³/mol. The standard InChI is InChI=1S/C24H21F3N6O2/c1-13-12-30-31-33(13)19-5-3-4-18(11-19)32-21(34)7-6-20(23(29)35)22(32)14(2)15-8-16(24(25,26)27)10-17(28)9-15/h3-12,14H,28H2,1-2H3,(H2,29,35)/t14-/m1/s1. The number of carbonyl (C=O) groups excluding carboxylic acids is 1. The van der Waals surface area contributed by atoms with Gasteiger partial charge < -0.3 is 11.5 Å². The van der Waals surface area contributed by atoms with E-state index in [0.717, 1.165) is 17.8 Å². The molecule has 11 heteroatoms. The van der Waals surface area contributed by atoms with Crippen molar-refractivity contribution < 1.29 is 18.0 Å². The van der Waals surface area contributed by atoms with Gasteiger partial charge in [-0.2, -0.15) is 13.2 Å². The lowest BCUT2D eigenvalue weighted by atomic mass is 9.91. The number of primary amides is 1. The van der Waals surface area contributed by atoms with Crippen molar-refractivity contribution in [3.63, 3.8) is 0 Å². The van der Waals surface area contributed by atoms with Crippen LogP contribution in [0.15, 0.2) is 65.6 Å². The highest BCUT2D eigenvalue weighted by Crippen LogP contribution is 2.35. The SMILES string of the molecule is Cc1cnnn1-c1cccc(-n2c([C@H](C)c3cc(N)cc(C(F)(F)F)c3)c(C(N)=O)ccc2=O)c1. The van der Waals surface area contributed by atoms with Crippen molar-refractivity contribution in [1.29, 1.82) is 0 Å². The van der Waals surface area contributed by atoms with E-state index in [-0.39, 0.29) is 22.5 Å². The number of alkyl halides is 3. The second-order valence-electron chi connectivity index (χ2n) is 8.08. The molecule has 0 saturated carbocycles. The Bertz CT molecular complexity index is 1490. The molecule has 0 aliphatic heterocycles. The van der Waals surface area contributed by atoms with Gasteiger partial charge in [-0.3, -0.25) is 14.2 Å². The van der Waals surface area contributed by atoms with E-state index in [0.29, 0.717) is 11.4 Å². The number of amides is 1. The third-order valence-corrected chi connectivity index (χ3v) is 5.66. The fraction of sp³-hybridized carbons (Fsp3) is 0.167. The minimum absolute atomic E-state index is 0.00424. The van der Waals surface area contributed by atoms with Crippen LogP contribution in [0.3, 0.4) is 0 Å². The van der Waals surface area contributed by atoms with Gasteiger partial charge in [-0.1, -0.05) is 18.2 Å². The Labute approximate surface area is 197 Å². The summed E-state index contributed by atoms with van der Waals surface area (Å²) in [6, 6.07) is 12.3. The molecule has 0 bridgehead atoms. The van der Waals surface area contributed by atoms with Gasteiger partial charge in [0, 0.05) is 23.4 Å². The van der Waals surface area contributed by atoms with E-state index in [2.05, 4.69) is 10.3 Å². The Balaban J connectivity index is 1.97. The Hall–Kier alpha value is -4.41. The number of aryl methyl sites for hydroxylation is 1. The largest absolute Gasteiger partial charge is 0.416 e. The number of hydrogen-bond acceptors (Lipinski definition) is 5. The monoisotopic (exact) mass is 482 g/mol. The molecular weight excluding hydrogens is 461 g/mol. The fourth-order valence-corrected chi connectivity index (χ4v) is 4.01. The minimum Gasteiger partial charge on any atom is -0.399 e. The maximum atomic E-state index is 13.4. The van der Waals surface area contributed by atoms with Gasteiger partial charge in [0.05, 0.1) is 34.4 Å². The molecule has 2 aromatic carbocycles. The van der Waals surface area contributed by atoms with Crippen LogP contribution < -0.4 is 17.0 Å². The number of anilines is 1. The van der Waals surface area contributed by atoms with Crippen molar-refractivity contribution in [2.75, 3.05) is 5.73 Å². The van der Waals surface area contributed by atoms with Crippen LogP contribution in [0.4, 0.5) is 18.9 Å². The highest BCUT2D eigenvalue weighted by Gasteiger charge is 2.32. The molecule has 0 fully saturated rings. The van der Waals surface area contributed by atoms with Crippen LogP contribution in [0, 0.1) is 6.92 Å². The summed E-state index contributed by atoms with van der Waals surface area (Å²) in [7, 11) is 0. The van der Waals surface area contributed by atoms with Crippen molar-refractivity contribution in [3.05, 3.63) is 99.2 Å². The first kappa shape index (κ1) is 23.7. The second-order valence-corrected chi connectivity index (χ2v) is 8.08. The summed E-state index contributed by atoms with van der Waals surface area (Å²) in [5, 5.41) is 7.88. The summed E-state index contributed by atoms with van der Waals surface area (Å²) in [5.41, 5.74) is 11.8. The molecule has 0 radical (unpaired) electrons. The first-order valence-electron chi connectivity index (χ1n) is 10.5. The molecule has 0 saturated heterocycles. The van der Waals surface area contributed by atoms with Gasteiger partial charge in [-0.15, -0.1) is 5.10 Å². The smallest absolute Gasteiger partial charge is 0.399 e. The molecule has 8 nitrogen and oxygen atoms in total. The van der Waals surface area contributed by atoms with E-state index in [4.69, 9.17) is 11.5 Å². The molecule has 0 spiro atoms. The van der Waals surface area contributed by atoms with Gasteiger partial charge in [0.25, 0.3) is 11.5 Å². The molecule has 2 aromatic heterocycles. The lowest BCUT2D eigenvalue weighted by Gasteiger charge is -2.23. The normalized spacial score (nSPS) is 12.5. The molecule has 0 aliphatic rings. The fourth-order valence-electron chi connectivity index (χ4n) is 4.01. The molecule has 0 aliphatic carbocycles. The van der Waals surface area contributed by atoms with Crippen LogP contribution in [0.2, 0.25) is 0 Å². The van der Waals surface area contributed by atoms with Gasteiger partial charge in [-0.05, 0) is 55.0 Å². The summed E-state index contributed by atoms with van der Waals surface area (Å²) >= 11 is 0. The molecule has 180 valence electrons. The zero-order valence-corrected chi connectivity index (χ0v) is 18.7. The summed E-state index contributed by atoms with van der Waals surface area (Å²) < 4.78 is 43.1. The zero-order valence-electron chi connectivity index (χ0n) is 18.7. The van der Waals surface area contributed by atoms with E-state index in [1.807, 2.05) is 0 Å². The van der Waals surface area contributed by atoms with Gasteiger partial charge in [0.15, 0.2) is 0 Å². The van der Waals surface area contributed by atoms with E-state index >= 15 is 0 Å². The lowest BCUT2D eigenvalue weighted by Crippen LogP contribution is -2.28. The highest BCUT2D eigenvalue weighted by molar-refractivity contribution is 5.94. The Morgan fingerprint density at radius 1 is 1.06 bits per heavy atom. The molecule has 0 unspecified atom stereocenters. The minimum atomic E-state index is -4.63. The van der Waals surface area contributed by atoms with E-state index in [9.17, 15) is 22.8 Å². The van der Waals surface area contributed by atoms with E-state index < -0.39 is 29.1 Å². The van der Waals surface area contributed by atoms with Gasteiger partial charge in [0.2, 0.25) is 0 Å². The number of pyridine rings is 1. The Morgan fingerprint density at radius 3 is 2.40 bits per heavy atom. The number of aromatic nitrogens is 4. The van der Waals surface area contributed by atoms with Crippen molar-refractivity contribution in [2.45, 2.75) is 25.9 Å². The Kier molecular flexibility index (Phi) is 5.93. The molecule has 4 N–H and O–H groups in total. The van der Waals surface area contributed by atoms with Crippen molar-refractivity contribution in [1.82, 2.24) is 19.6 Å². The average molecular weight is 482 g/mol. The topological polar surface area (TPSA) is 122 Å². The first-order chi connectivity index (χ1) is 16.5. The third kappa shape index (κ3) is 4.52. The Morgan fingerprint density at radius 2 is 1.77 bits per heavy atom. The maximum absolute atomic E-state index is 13.4. The van der Waals surface area contributed by atoms with Crippen LogP contribution in [0.5, 0.6) is 0 Å². The molecule has 1 atom stereocenters. The summed E-state index contributed by atoms with van der Waals surface area (Å²) in [5.74, 6) is -1.68. The number of nitrogens with zero attached hydrogens (tertiary/aromatic N) is 4. The van der Waals surface area contributed by atoms with E-state index in [1.54, 1.807) is 49.0 Å². The highest BCUT2D eigenvalue weighted by atomic mass is 19.4. The van der Waals surface area contributed by atoms with Crippen LogP contribution in [-0.4, -0.2) is 25.5 Å². The predicted octanol–water partition coefficient (Wildman–Crippen LogP) is 3.58. The number of benzene rings is 2. The molecule has 4 rings (SSSR count). The number of nitrogen functional groups attached to an aromatic ring is 1. The van der Waals surface area contributed by atoms with Crippen molar-refractivity contribution >= 4 is 11.6 Å². The molecule has 35 heavy (non-hydrogen) atoms. The number of rotatable bonds is 5. The van der Waals surface area contributed by atoms with Crippen molar-refractivity contribution in [2.24, 2.45) is 5.73 Å². The molecule has 4 aromatic rings. The van der Waals surface area contributed by atoms with Gasteiger partial charge >= 0.3 is 6.18 Å². The van der Waals surface area contributed by atoms with Gasteiger partial charge in [-0.25, -0.2) is 4.68 Å². The van der Waals surface area contributed by atoms with Crippen LogP contribution in [0.25, 0.3) is 11.4 Å². The lowest BCUT2D eigenvalue weighted by molar-refractivity contribution is -0.137. The van der Waals surface area contributed by atoms with Gasteiger partial charge in [0.1, 0.15) is 0 Å². The van der Waals surface area contributed by atoms with Crippen LogP contribution in [0.1, 0.15) is 45.7 Å². The van der Waals surface area contributed by atoms with E-state index in [1.165, 1.54) is 22.8 Å². The number of carbonyl (C=O) groups is 1. The summed E-state index contributed by atoms with van der Waals surface area (Å²) in [6.45, 7) is 3.39. The first-order valence-corrected chi connectivity index (χ1v) is 10.5. The second kappa shape index (κ2) is 8.75. The summed E-state index contributed by atoms with van der Waals surface area (Å²) in [4.78, 5) is 25.4. The molecule has 2 heterocycles. The quantitative estimate of drug-likeness (QED) is 0.421.